The van der Waals surface area contributed by atoms with Crippen LogP contribution in [0.25, 0.3) is 0 Å². The Kier molecular flexibility index (Phi) is 4.43. The van der Waals surface area contributed by atoms with E-state index in [4.69, 9.17) is 4.74 Å². The van der Waals surface area contributed by atoms with Crippen molar-refractivity contribution in [1.29, 1.82) is 0 Å². The molecule has 0 spiro atoms. The molecule has 0 unspecified atom stereocenters. The van der Waals surface area contributed by atoms with Gasteiger partial charge in [-0.25, -0.2) is 8.42 Å². The maximum atomic E-state index is 13.4. The lowest BCUT2D eigenvalue weighted by Gasteiger charge is -2.34. The Balaban J connectivity index is 2.09. The molecule has 2 bridgehead atoms. The molecule has 134 valence electrons. The van der Waals surface area contributed by atoms with Crippen LogP contribution in [0.5, 0.6) is 5.75 Å². The molecule has 2 aliphatic rings. The summed E-state index contributed by atoms with van der Waals surface area (Å²) in [6.45, 7) is 5.94. The fourth-order valence-electron chi connectivity index (χ4n) is 4.50. The zero-order valence-electron chi connectivity index (χ0n) is 14.9. The van der Waals surface area contributed by atoms with Gasteiger partial charge in [0, 0.05) is 17.5 Å². The molecule has 6 heteroatoms. The van der Waals surface area contributed by atoms with E-state index in [0.717, 1.165) is 36.8 Å². The molecule has 2 saturated heterocycles. The van der Waals surface area contributed by atoms with Gasteiger partial charge in [0.25, 0.3) is 0 Å². The molecular weight excluding hydrogens is 326 g/mol. The Bertz CT molecular complexity index is 740. The lowest BCUT2D eigenvalue weighted by Crippen LogP contribution is -2.42. The second-order valence-electron chi connectivity index (χ2n) is 7.25. The van der Waals surface area contributed by atoms with Crippen LogP contribution in [0.4, 0.5) is 0 Å². The Morgan fingerprint density at radius 2 is 1.96 bits per heavy atom. The number of hydrogen-bond acceptors (Lipinski definition) is 4. The third kappa shape index (κ3) is 2.38. The summed E-state index contributed by atoms with van der Waals surface area (Å²) in [5.41, 5.74) is 1.64. The van der Waals surface area contributed by atoms with E-state index in [2.05, 4.69) is 0 Å². The molecule has 2 heterocycles. The van der Waals surface area contributed by atoms with Gasteiger partial charge in [-0.15, -0.1) is 0 Å². The van der Waals surface area contributed by atoms with Crippen LogP contribution in [0.15, 0.2) is 17.0 Å². The third-order valence-electron chi connectivity index (χ3n) is 6.14. The number of benzene rings is 1. The smallest absolute Gasteiger partial charge is 0.247 e. The second kappa shape index (κ2) is 6.00. The molecule has 0 radical (unpaired) electrons. The monoisotopic (exact) mass is 353 g/mol. The highest BCUT2D eigenvalue weighted by atomic mass is 32.2. The summed E-state index contributed by atoms with van der Waals surface area (Å²) in [6.07, 6.45) is 3.24. The van der Waals surface area contributed by atoms with Gasteiger partial charge in [-0.3, -0.25) is 0 Å². The summed E-state index contributed by atoms with van der Waals surface area (Å²) in [5, 5.41) is 9.93. The molecular formula is C18H27NO4S. The van der Waals surface area contributed by atoms with Crippen LogP contribution in [0, 0.1) is 19.3 Å². The van der Waals surface area contributed by atoms with Crippen molar-refractivity contribution in [2.75, 3.05) is 13.7 Å². The predicted octanol–water partition coefficient (Wildman–Crippen LogP) is 2.63. The molecule has 1 aromatic carbocycles. The fraction of sp³-hybridized carbons (Fsp3) is 0.667. The van der Waals surface area contributed by atoms with E-state index in [1.165, 1.54) is 7.11 Å². The van der Waals surface area contributed by atoms with E-state index >= 15 is 0 Å². The van der Waals surface area contributed by atoms with Crippen LogP contribution < -0.4 is 4.74 Å². The highest BCUT2D eigenvalue weighted by Crippen LogP contribution is 2.54. The maximum Gasteiger partial charge on any atom is 0.247 e. The molecule has 0 amide bonds. The number of hydrogen-bond donors (Lipinski definition) is 1. The van der Waals surface area contributed by atoms with E-state index in [-0.39, 0.29) is 29.0 Å². The summed E-state index contributed by atoms with van der Waals surface area (Å²) in [6, 6.07) is 3.37. The molecule has 0 aliphatic carbocycles. The Morgan fingerprint density at radius 3 is 2.50 bits per heavy atom. The highest BCUT2D eigenvalue weighted by Gasteiger charge is 2.59. The van der Waals surface area contributed by atoms with Gasteiger partial charge >= 0.3 is 0 Å². The van der Waals surface area contributed by atoms with Crippen molar-refractivity contribution >= 4 is 10.0 Å². The first kappa shape index (κ1) is 17.7. The molecule has 0 aromatic heterocycles. The van der Waals surface area contributed by atoms with Crippen LogP contribution in [-0.4, -0.2) is 43.6 Å². The zero-order valence-corrected chi connectivity index (χ0v) is 15.7. The van der Waals surface area contributed by atoms with E-state index in [1.807, 2.05) is 20.8 Å². The van der Waals surface area contributed by atoms with Gasteiger partial charge in [0.1, 0.15) is 10.6 Å². The number of nitrogens with zero attached hydrogens (tertiary/aromatic N) is 1. The van der Waals surface area contributed by atoms with Crippen LogP contribution in [0.1, 0.15) is 43.7 Å². The maximum absolute atomic E-state index is 13.4. The van der Waals surface area contributed by atoms with E-state index in [1.54, 1.807) is 16.4 Å². The molecule has 5 nitrogen and oxygen atoms in total. The second-order valence-corrected chi connectivity index (χ2v) is 9.06. The van der Waals surface area contributed by atoms with Gasteiger partial charge in [0.05, 0.1) is 13.7 Å². The van der Waals surface area contributed by atoms with Crippen LogP contribution in [-0.2, 0) is 10.0 Å². The van der Waals surface area contributed by atoms with Crippen molar-refractivity contribution in [3.63, 3.8) is 0 Å². The standard InChI is InChI=1S/C18H27NO4S/c1-5-18(11-20)10-14-6-7-17(18)19(14)24(21,22)16-9-13(3)12(2)8-15(16)23-4/h8-9,14,17,20H,5-7,10-11H2,1-4H3/t14-,17+,18-/m0/s1. The summed E-state index contributed by atoms with van der Waals surface area (Å²) in [4.78, 5) is 0.245. The van der Waals surface area contributed by atoms with Crippen LogP contribution in [0.3, 0.4) is 0 Å². The lowest BCUT2D eigenvalue weighted by atomic mass is 9.72. The Hall–Kier alpha value is -1.11. The lowest BCUT2D eigenvalue weighted by molar-refractivity contribution is 0.0848. The summed E-state index contributed by atoms with van der Waals surface area (Å²) >= 11 is 0. The van der Waals surface area contributed by atoms with E-state index < -0.39 is 10.0 Å². The quantitative estimate of drug-likeness (QED) is 0.884. The van der Waals surface area contributed by atoms with E-state index in [0.29, 0.717) is 5.75 Å². The summed E-state index contributed by atoms with van der Waals surface area (Å²) in [7, 11) is -2.14. The molecule has 3 rings (SSSR count). The minimum Gasteiger partial charge on any atom is -0.495 e. The molecule has 3 atom stereocenters. The van der Waals surface area contributed by atoms with Crippen molar-refractivity contribution in [2.24, 2.45) is 5.41 Å². The average Bonchev–Trinajstić information content (AvgIpc) is 3.13. The van der Waals surface area contributed by atoms with Crippen molar-refractivity contribution in [2.45, 2.75) is 63.4 Å². The van der Waals surface area contributed by atoms with Crippen molar-refractivity contribution in [3.05, 3.63) is 23.3 Å². The van der Waals surface area contributed by atoms with Gasteiger partial charge < -0.3 is 9.84 Å². The van der Waals surface area contributed by atoms with Crippen molar-refractivity contribution in [1.82, 2.24) is 4.31 Å². The number of aryl methyl sites for hydroxylation is 2. The first-order chi connectivity index (χ1) is 11.3. The number of sulfonamides is 1. The van der Waals surface area contributed by atoms with Gasteiger partial charge in [-0.2, -0.15) is 4.31 Å². The largest absolute Gasteiger partial charge is 0.495 e. The number of ether oxygens (including phenoxy) is 1. The SMILES string of the molecule is CC[C@@]1(CO)C[C@@H]2CC[C@H]1N2S(=O)(=O)c1cc(C)c(C)cc1OC. The Labute approximate surface area is 144 Å². The van der Waals surface area contributed by atoms with Crippen LogP contribution in [0.2, 0.25) is 0 Å². The molecule has 2 aliphatic heterocycles. The summed E-state index contributed by atoms with van der Waals surface area (Å²) < 4.78 is 33.9. The topological polar surface area (TPSA) is 66.8 Å². The first-order valence-corrected chi connectivity index (χ1v) is 10.0. The third-order valence-corrected chi connectivity index (χ3v) is 8.13. The molecule has 24 heavy (non-hydrogen) atoms. The van der Waals surface area contributed by atoms with Gasteiger partial charge in [0.15, 0.2) is 0 Å². The van der Waals surface area contributed by atoms with Crippen molar-refractivity contribution < 1.29 is 18.3 Å². The minimum absolute atomic E-state index is 0.0154. The number of rotatable bonds is 5. The van der Waals surface area contributed by atoms with Gasteiger partial charge in [-0.1, -0.05) is 6.92 Å². The predicted molar refractivity (Wildman–Crippen MR) is 92.7 cm³/mol. The van der Waals surface area contributed by atoms with Gasteiger partial charge in [-0.05, 0) is 62.8 Å². The fourth-order valence-corrected chi connectivity index (χ4v) is 6.68. The molecule has 1 N–H and O–H groups in total. The zero-order chi connectivity index (χ0) is 17.7. The van der Waals surface area contributed by atoms with Crippen LogP contribution >= 0.6 is 0 Å². The van der Waals surface area contributed by atoms with E-state index in [9.17, 15) is 13.5 Å². The number of aliphatic hydroxyl groups excluding tert-OH is 1. The first-order valence-electron chi connectivity index (χ1n) is 8.60. The molecule has 0 saturated carbocycles. The Morgan fingerprint density at radius 1 is 1.29 bits per heavy atom. The summed E-state index contributed by atoms with van der Waals surface area (Å²) in [5.74, 6) is 0.399. The number of fused-ring (bicyclic) bond motifs is 2. The minimum atomic E-state index is -3.65. The number of aliphatic hydroxyl groups is 1. The molecule has 1 aromatic rings. The number of methoxy groups -OCH3 is 1. The highest BCUT2D eigenvalue weighted by molar-refractivity contribution is 7.89. The molecule has 2 fully saturated rings. The normalized spacial score (nSPS) is 30.0. The van der Waals surface area contributed by atoms with Crippen molar-refractivity contribution in [3.8, 4) is 5.75 Å². The van der Waals surface area contributed by atoms with Gasteiger partial charge in [0.2, 0.25) is 10.0 Å². The average molecular weight is 353 g/mol.